The summed E-state index contributed by atoms with van der Waals surface area (Å²) in [5.41, 5.74) is 0.213. The standard InChI is InChI=1S/C12H15ClN4O2/c1-14-11(18)8-3-2-4-17(7-8)12(19)9-5-15-6-10(13)16-9/h5-6,8H,2-4,7H2,1H3,(H,14,18). The van der Waals surface area contributed by atoms with Crippen LogP contribution in [0.25, 0.3) is 0 Å². The van der Waals surface area contributed by atoms with Gasteiger partial charge in [-0.2, -0.15) is 0 Å². The maximum Gasteiger partial charge on any atom is 0.274 e. The van der Waals surface area contributed by atoms with Crippen molar-refractivity contribution in [1.82, 2.24) is 20.2 Å². The summed E-state index contributed by atoms with van der Waals surface area (Å²) in [6, 6.07) is 0. The largest absolute Gasteiger partial charge is 0.359 e. The molecule has 19 heavy (non-hydrogen) atoms. The van der Waals surface area contributed by atoms with Gasteiger partial charge in [-0.3, -0.25) is 14.6 Å². The van der Waals surface area contributed by atoms with Crippen LogP contribution in [0.3, 0.4) is 0 Å². The molecule has 1 aliphatic rings. The van der Waals surface area contributed by atoms with E-state index in [4.69, 9.17) is 11.6 Å². The number of hydrogen-bond acceptors (Lipinski definition) is 4. The summed E-state index contributed by atoms with van der Waals surface area (Å²) < 4.78 is 0. The molecule has 2 rings (SSSR count). The summed E-state index contributed by atoms with van der Waals surface area (Å²) in [6.07, 6.45) is 4.36. The van der Waals surface area contributed by atoms with Crippen molar-refractivity contribution in [3.05, 3.63) is 23.2 Å². The molecule has 2 amide bonds. The molecule has 1 unspecified atom stereocenters. The van der Waals surface area contributed by atoms with Crippen LogP contribution in [0, 0.1) is 5.92 Å². The number of nitrogens with one attached hydrogen (secondary N) is 1. The Balaban J connectivity index is 2.09. The fourth-order valence-corrected chi connectivity index (χ4v) is 2.33. The Morgan fingerprint density at radius 3 is 2.95 bits per heavy atom. The SMILES string of the molecule is CNC(=O)C1CCCN(C(=O)c2cncc(Cl)n2)C1. The Labute approximate surface area is 116 Å². The van der Waals surface area contributed by atoms with Crippen LogP contribution >= 0.6 is 11.6 Å². The quantitative estimate of drug-likeness (QED) is 0.868. The second kappa shape index (κ2) is 5.97. The van der Waals surface area contributed by atoms with Crippen LogP contribution in [0.5, 0.6) is 0 Å². The first-order valence-corrected chi connectivity index (χ1v) is 6.48. The summed E-state index contributed by atoms with van der Waals surface area (Å²) in [4.78, 5) is 33.3. The van der Waals surface area contributed by atoms with Crippen molar-refractivity contribution in [2.24, 2.45) is 5.92 Å². The topological polar surface area (TPSA) is 75.2 Å². The third-order valence-corrected chi connectivity index (χ3v) is 3.33. The molecule has 1 fully saturated rings. The number of amides is 2. The second-order valence-electron chi connectivity index (χ2n) is 4.43. The van der Waals surface area contributed by atoms with Crippen molar-refractivity contribution in [2.45, 2.75) is 12.8 Å². The van der Waals surface area contributed by atoms with Gasteiger partial charge in [0.15, 0.2) is 0 Å². The average Bonchev–Trinajstić information content (AvgIpc) is 2.45. The third kappa shape index (κ3) is 3.20. The van der Waals surface area contributed by atoms with Gasteiger partial charge in [-0.05, 0) is 12.8 Å². The normalized spacial score (nSPS) is 19.1. The number of nitrogens with zero attached hydrogens (tertiary/aromatic N) is 3. The molecular formula is C12H15ClN4O2. The molecule has 7 heteroatoms. The highest BCUT2D eigenvalue weighted by Crippen LogP contribution is 2.18. The Bertz CT molecular complexity index is 494. The fourth-order valence-electron chi connectivity index (χ4n) is 2.19. The molecular weight excluding hydrogens is 268 g/mol. The van der Waals surface area contributed by atoms with E-state index in [9.17, 15) is 9.59 Å². The summed E-state index contributed by atoms with van der Waals surface area (Å²) in [7, 11) is 1.60. The van der Waals surface area contributed by atoms with Gasteiger partial charge in [0.05, 0.1) is 18.3 Å². The summed E-state index contributed by atoms with van der Waals surface area (Å²) >= 11 is 5.72. The minimum atomic E-state index is -0.233. The van der Waals surface area contributed by atoms with Gasteiger partial charge in [-0.1, -0.05) is 11.6 Å². The molecule has 1 atom stereocenters. The summed E-state index contributed by atoms with van der Waals surface area (Å²) in [5.74, 6) is -0.423. The Morgan fingerprint density at radius 2 is 2.26 bits per heavy atom. The molecule has 1 N–H and O–H groups in total. The molecule has 0 saturated carbocycles. The van der Waals surface area contributed by atoms with Crippen LogP contribution in [0.1, 0.15) is 23.3 Å². The van der Waals surface area contributed by atoms with Crippen LogP contribution in [0.2, 0.25) is 5.15 Å². The van der Waals surface area contributed by atoms with Crippen LogP contribution in [-0.4, -0.2) is 46.8 Å². The van der Waals surface area contributed by atoms with Gasteiger partial charge in [-0.25, -0.2) is 4.98 Å². The maximum absolute atomic E-state index is 12.2. The van der Waals surface area contributed by atoms with Crippen molar-refractivity contribution in [2.75, 3.05) is 20.1 Å². The number of hydrogen-bond donors (Lipinski definition) is 1. The fraction of sp³-hybridized carbons (Fsp3) is 0.500. The van der Waals surface area contributed by atoms with E-state index in [0.29, 0.717) is 13.1 Å². The van der Waals surface area contributed by atoms with Crippen molar-refractivity contribution in [3.8, 4) is 0 Å². The van der Waals surface area contributed by atoms with E-state index in [1.54, 1.807) is 11.9 Å². The zero-order valence-corrected chi connectivity index (χ0v) is 11.4. The highest BCUT2D eigenvalue weighted by atomic mass is 35.5. The van der Waals surface area contributed by atoms with E-state index in [-0.39, 0.29) is 28.6 Å². The van der Waals surface area contributed by atoms with Crippen molar-refractivity contribution in [3.63, 3.8) is 0 Å². The lowest BCUT2D eigenvalue weighted by molar-refractivity contribution is -0.125. The Kier molecular flexibility index (Phi) is 4.31. The van der Waals surface area contributed by atoms with Gasteiger partial charge in [0, 0.05) is 20.1 Å². The summed E-state index contributed by atoms with van der Waals surface area (Å²) in [6.45, 7) is 1.03. The minimum Gasteiger partial charge on any atom is -0.359 e. The third-order valence-electron chi connectivity index (χ3n) is 3.15. The molecule has 0 spiro atoms. The van der Waals surface area contributed by atoms with Crippen LogP contribution in [0.4, 0.5) is 0 Å². The lowest BCUT2D eigenvalue weighted by Gasteiger charge is -2.31. The molecule has 1 aromatic heterocycles. The van der Waals surface area contributed by atoms with Crippen LogP contribution < -0.4 is 5.32 Å². The lowest BCUT2D eigenvalue weighted by Crippen LogP contribution is -2.45. The Morgan fingerprint density at radius 1 is 1.47 bits per heavy atom. The molecule has 0 bridgehead atoms. The molecule has 0 aromatic carbocycles. The van der Waals surface area contributed by atoms with E-state index < -0.39 is 0 Å². The van der Waals surface area contributed by atoms with Crippen molar-refractivity contribution in [1.29, 1.82) is 0 Å². The van der Waals surface area contributed by atoms with Gasteiger partial charge >= 0.3 is 0 Å². The zero-order chi connectivity index (χ0) is 13.8. The van der Waals surface area contributed by atoms with E-state index in [0.717, 1.165) is 12.8 Å². The smallest absolute Gasteiger partial charge is 0.274 e. The van der Waals surface area contributed by atoms with E-state index in [1.165, 1.54) is 12.4 Å². The average molecular weight is 283 g/mol. The predicted octanol–water partition coefficient (Wildman–Crippen LogP) is 0.728. The van der Waals surface area contributed by atoms with E-state index >= 15 is 0 Å². The number of likely N-dealkylation sites (tertiary alicyclic amines) is 1. The molecule has 1 saturated heterocycles. The van der Waals surface area contributed by atoms with Crippen molar-refractivity contribution < 1.29 is 9.59 Å². The number of piperidine rings is 1. The number of halogens is 1. The lowest BCUT2D eigenvalue weighted by atomic mass is 9.97. The highest BCUT2D eigenvalue weighted by molar-refractivity contribution is 6.29. The number of carbonyl (C=O) groups is 2. The van der Waals surface area contributed by atoms with E-state index in [1.807, 2.05) is 0 Å². The van der Waals surface area contributed by atoms with Gasteiger partial charge in [-0.15, -0.1) is 0 Å². The molecule has 0 radical (unpaired) electrons. The molecule has 102 valence electrons. The zero-order valence-electron chi connectivity index (χ0n) is 10.6. The summed E-state index contributed by atoms with van der Waals surface area (Å²) in [5, 5.41) is 2.80. The van der Waals surface area contributed by atoms with Gasteiger partial charge in [0.25, 0.3) is 5.91 Å². The number of aromatic nitrogens is 2. The van der Waals surface area contributed by atoms with Gasteiger partial charge < -0.3 is 10.2 Å². The first-order valence-electron chi connectivity index (χ1n) is 6.10. The molecule has 2 heterocycles. The van der Waals surface area contributed by atoms with E-state index in [2.05, 4.69) is 15.3 Å². The molecule has 1 aliphatic heterocycles. The van der Waals surface area contributed by atoms with Crippen LogP contribution in [0.15, 0.2) is 12.4 Å². The number of carbonyl (C=O) groups excluding carboxylic acids is 2. The molecule has 0 aliphatic carbocycles. The predicted molar refractivity (Wildman–Crippen MR) is 69.7 cm³/mol. The molecule has 1 aromatic rings. The Hall–Kier alpha value is -1.69. The maximum atomic E-state index is 12.2. The van der Waals surface area contributed by atoms with Gasteiger partial charge in [0.1, 0.15) is 10.8 Å². The molecule has 6 nitrogen and oxygen atoms in total. The highest BCUT2D eigenvalue weighted by Gasteiger charge is 2.28. The van der Waals surface area contributed by atoms with Crippen LogP contribution in [-0.2, 0) is 4.79 Å². The minimum absolute atomic E-state index is 0.0327. The first kappa shape index (κ1) is 13.7. The van der Waals surface area contributed by atoms with Crippen molar-refractivity contribution >= 4 is 23.4 Å². The number of rotatable bonds is 2. The second-order valence-corrected chi connectivity index (χ2v) is 4.82. The van der Waals surface area contributed by atoms with Gasteiger partial charge in [0.2, 0.25) is 5.91 Å². The first-order chi connectivity index (χ1) is 9.11. The monoisotopic (exact) mass is 282 g/mol.